The molecule has 0 bridgehead atoms. The summed E-state index contributed by atoms with van der Waals surface area (Å²) >= 11 is 0. The highest BCUT2D eigenvalue weighted by molar-refractivity contribution is 5.98. The second-order valence-electron chi connectivity index (χ2n) is 6.17. The van der Waals surface area contributed by atoms with Crippen LogP contribution in [0.3, 0.4) is 0 Å². The number of benzene rings is 1. The topological polar surface area (TPSA) is 167 Å². The van der Waals surface area contributed by atoms with Crippen LogP contribution in [0, 0.1) is 22.8 Å². The molecule has 1 aromatic heterocycles. The molecule has 1 aliphatic rings. The fourth-order valence-electron chi connectivity index (χ4n) is 2.96. The van der Waals surface area contributed by atoms with Crippen LogP contribution in [0.1, 0.15) is 29.2 Å². The molecule has 10 nitrogen and oxygen atoms in total. The summed E-state index contributed by atoms with van der Waals surface area (Å²) in [5.41, 5.74) is 13.7. The summed E-state index contributed by atoms with van der Waals surface area (Å²) in [6.07, 6.45) is 2.60. The van der Waals surface area contributed by atoms with Gasteiger partial charge >= 0.3 is 0 Å². The van der Waals surface area contributed by atoms with Crippen molar-refractivity contribution >= 4 is 23.3 Å². The number of nitriles is 2. The minimum atomic E-state index is -0.579. The zero-order valence-electron chi connectivity index (χ0n) is 15.8. The van der Waals surface area contributed by atoms with Gasteiger partial charge in [-0.2, -0.15) is 10.5 Å². The number of ether oxygens (including phenoxy) is 2. The summed E-state index contributed by atoms with van der Waals surface area (Å²) in [6, 6.07) is 8.74. The first-order valence-corrected chi connectivity index (χ1v) is 8.79. The number of pyridine rings is 1. The number of guanidine groups is 1. The maximum Gasteiger partial charge on any atom is 0.211 e. The molecule has 3 rings (SSSR count). The first-order valence-electron chi connectivity index (χ1n) is 8.79. The van der Waals surface area contributed by atoms with Gasteiger partial charge in [0.15, 0.2) is 6.19 Å². The summed E-state index contributed by atoms with van der Waals surface area (Å²) in [5.74, 6) is 1.27. The SMILES string of the molecule is COCCCOc1ccc(C2N=C(NC#N)Nc3nc(N)c(C#N)c(N)c32)cc1. The molecule has 148 valence electrons. The van der Waals surface area contributed by atoms with Gasteiger partial charge in [0.05, 0.1) is 12.3 Å². The number of nitrogens with two attached hydrogens (primary N) is 2. The molecule has 6 N–H and O–H groups in total. The van der Waals surface area contributed by atoms with E-state index in [1.165, 1.54) is 0 Å². The molecule has 0 saturated carbocycles. The molecule has 0 radical (unpaired) electrons. The zero-order chi connectivity index (χ0) is 20.8. The number of hydrogen-bond donors (Lipinski definition) is 4. The van der Waals surface area contributed by atoms with Gasteiger partial charge in [-0.05, 0) is 17.7 Å². The highest BCUT2D eigenvalue weighted by Crippen LogP contribution is 2.40. The van der Waals surface area contributed by atoms with Crippen LogP contribution in [0.25, 0.3) is 0 Å². The molecule has 1 unspecified atom stereocenters. The van der Waals surface area contributed by atoms with Gasteiger partial charge in [0, 0.05) is 25.7 Å². The highest BCUT2D eigenvalue weighted by Gasteiger charge is 2.29. The molecule has 0 aliphatic carbocycles. The maximum absolute atomic E-state index is 9.36. The smallest absolute Gasteiger partial charge is 0.211 e. The number of nitrogen functional groups attached to an aromatic ring is 2. The first kappa shape index (κ1) is 19.7. The van der Waals surface area contributed by atoms with Crippen LogP contribution in [-0.4, -0.2) is 31.3 Å². The van der Waals surface area contributed by atoms with Crippen molar-refractivity contribution in [3.05, 3.63) is 41.0 Å². The Bertz CT molecular complexity index is 1000. The first-order chi connectivity index (χ1) is 14.1. The molecule has 0 spiro atoms. The van der Waals surface area contributed by atoms with Crippen LogP contribution >= 0.6 is 0 Å². The van der Waals surface area contributed by atoms with Crippen molar-refractivity contribution in [3.63, 3.8) is 0 Å². The predicted octanol–water partition coefficient (Wildman–Crippen LogP) is 1.47. The minimum absolute atomic E-state index is 0.00742. The van der Waals surface area contributed by atoms with Crippen molar-refractivity contribution in [2.75, 3.05) is 37.1 Å². The van der Waals surface area contributed by atoms with Crippen LogP contribution in [0.5, 0.6) is 5.75 Å². The number of rotatable bonds is 6. The highest BCUT2D eigenvalue weighted by atomic mass is 16.5. The third-order valence-corrected chi connectivity index (χ3v) is 4.31. The molecule has 1 aromatic carbocycles. The summed E-state index contributed by atoms with van der Waals surface area (Å²) < 4.78 is 10.7. The Labute approximate surface area is 167 Å². The van der Waals surface area contributed by atoms with Crippen molar-refractivity contribution in [1.29, 1.82) is 10.5 Å². The van der Waals surface area contributed by atoms with E-state index in [-0.39, 0.29) is 23.0 Å². The van der Waals surface area contributed by atoms with E-state index in [0.717, 1.165) is 12.0 Å². The summed E-state index contributed by atoms with van der Waals surface area (Å²) in [7, 11) is 1.65. The van der Waals surface area contributed by atoms with Crippen LogP contribution in [-0.2, 0) is 4.74 Å². The van der Waals surface area contributed by atoms with Crippen molar-refractivity contribution in [3.8, 4) is 18.0 Å². The number of nitrogens with zero attached hydrogens (tertiary/aromatic N) is 4. The Morgan fingerprint density at radius 3 is 2.62 bits per heavy atom. The number of methoxy groups -OCH3 is 1. The third kappa shape index (κ3) is 4.13. The maximum atomic E-state index is 9.36. The Balaban J connectivity index is 1.96. The van der Waals surface area contributed by atoms with E-state index in [1.54, 1.807) is 7.11 Å². The monoisotopic (exact) mass is 392 g/mol. The third-order valence-electron chi connectivity index (χ3n) is 4.31. The van der Waals surface area contributed by atoms with Crippen molar-refractivity contribution in [2.45, 2.75) is 12.5 Å². The Kier molecular flexibility index (Phi) is 5.97. The molecule has 29 heavy (non-hydrogen) atoms. The Morgan fingerprint density at radius 1 is 1.21 bits per heavy atom. The van der Waals surface area contributed by atoms with E-state index in [4.69, 9.17) is 26.2 Å². The average molecular weight is 392 g/mol. The van der Waals surface area contributed by atoms with Crippen molar-refractivity contribution < 1.29 is 9.47 Å². The van der Waals surface area contributed by atoms with E-state index in [0.29, 0.717) is 30.3 Å². The standard InChI is InChI=1S/C19H20N8O2/c1-28-7-2-8-29-12-5-3-11(4-6-12)16-14-15(22)13(9-20)17(23)26-18(14)27-19(25-16)24-10-21/h3-6,16H,2,7-8H2,1H3,(H6,22,23,24,25,26,27). The van der Waals surface area contributed by atoms with E-state index >= 15 is 0 Å². The van der Waals surface area contributed by atoms with Gasteiger partial charge in [0.25, 0.3) is 0 Å². The van der Waals surface area contributed by atoms with Gasteiger partial charge in [-0.25, -0.2) is 9.98 Å². The lowest BCUT2D eigenvalue weighted by Crippen LogP contribution is -2.32. The number of nitrogens with one attached hydrogen (secondary N) is 2. The van der Waals surface area contributed by atoms with Crippen LogP contribution < -0.4 is 26.8 Å². The van der Waals surface area contributed by atoms with Crippen LogP contribution in [0.15, 0.2) is 29.3 Å². The fourth-order valence-corrected chi connectivity index (χ4v) is 2.96. The molecule has 2 heterocycles. The van der Waals surface area contributed by atoms with E-state index in [9.17, 15) is 5.26 Å². The molecule has 2 aromatic rings. The molecular formula is C19H20N8O2. The van der Waals surface area contributed by atoms with Gasteiger partial charge < -0.3 is 26.3 Å². The van der Waals surface area contributed by atoms with E-state index < -0.39 is 6.04 Å². The summed E-state index contributed by atoms with van der Waals surface area (Å²) in [5, 5.41) is 23.7. The number of aliphatic imine (C=N–C) groups is 1. The van der Waals surface area contributed by atoms with Gasteiger partial charge in [-0.1, -0.05) is 12.1 Å². The lowest BCUT2D eigenvalue weighted by Gasteiger charge is -2.26. The predicted molar refractivity (Wildman–Crippen MR) is 108 cm³/mol. The Morgan fingerprint density at radius 2 is 1.97 bits per heavy atom. The molecule has 1 aliphatic heterocycles. The normalized spacial score (nSPS) is 14.6. The van der Waals surface area contributed by atoms with E-state index in [2.05, 4.69) is 20.6 Å². The quantitative estimate of drug-likeness (QED) is 0.323. The Hall–Kier alpha value is -4.02. The lowest BCUT2D eigenvalue weighted by atomic mass is 9.95. The lowest BCUT2D eigenvalue weighted by molar-refractivity contribution is 0.172. The number of hydrogen-bond acceptors (Lipinski definition) is 10. The molecule has 0 fully saturated rings. The molecule has 1 atom stereocenters. The second-order valence-corrected chi connectivity index (χ2v) is 6.17. The number of anilines is 3. The summed E-state index contributed by atoms with van der Waals surface area (Å²) in [4.78, 5) is 8.74. The average Bonchev–Trinajstić information content (AvgIpc) is 2.71. The van der Waals surface area contributed by atoms with Crippen LogP contribution in [0.2, 0.25) is 0 Å². The largest absolute Gasteiger partial charge is 0.494 e. The molecule has 0 amide bonds. The number of aromatic nitrogens is 1. The molecule has 0 saturated heterocycles. The second kappa shape index (κ2) is 8.78. The fraction of sp³-hybridized carbons (Fsp3) is 0.263. The van der Waals surface area contributed by atoms with Crippen LogP contribution in [0.4, 0.5) is 17.3 Å². The molecule has 10 heteroatoms. The van der Waals surface area contributed by atoms with E-state index in [1.807, 2.05) is 36.5 Å². The van der Waals surface area contributed by atoms with Crippen molar-refractivity contribution in [2.24, 2.45) is 4.99 Å². The molecular weight excluding hydrogens is 372 g/mol. The van der Waals surface area contributed by atoms with Crippen molar-refractivity contribution in [1.82, 2.24) is 10.3 Å². The van der Waals surface area contributed by atoms with Gasteiger partial charge in [-0.15, -0.1) is 0 Å². The van der Waals surface area contributed by atoms with Gasteiger partial charge in [0.2, 0.25) is 5.96 Å². The van der Waals surface area contributed by atoms with Gasteiger partial charge in [0.1, 0.15) is 35.1 Å². The zero-order valence-corrected chi connectivity index (χ0v) is 15.8. The van der Waals surface area contributed by atoms with Gasteiger partial charge in [-0.3, -0.25) is 5.32 Å². The number of fused-ring (bicyclic) bond motifs is 1. The minimum Gasteiger partial charge on any atom is -0.494 e. The summed E-state index contributed by atoms with van der Waals surface area (Å²) in [6.45, 7) is 1.17.